The quantitative estimate of drug-likeness (QED) is 0.635. The highest BCUT2D eigenvalue weighted by molar-refractivity contribution is 5.98. The number of benzene rings is 1. The number of para-hydroxylation sites is 1. The zero-order chi connectivity index (χ0) is 8.84. The van der Waals surface area contributed by atoms with Crippen molar-refractivity contribution in [2.45, 2.75) is 6.04 Å². The fourth-order valence-corrected chi connectivity index (χ4v) is 1.83. The molecule has 1 atom stereocenters. The normalized spacial score (nSPS) is 22.9. The first-order valence-corrected chi connectivity index (χ1v) is 4.23. The molecule has 4 rings (SSSR count). The van der Waals surface area contributed by atoms with E-state index < -0.39 is 0 Å². The lowest BCUT2D eigenvalue weighted by atomic mass is 9.99. The monoisotopic (exact) mass is 172 g/mol. The molecule has 1 aromatic carbocycles. The first kappa shape index (κ1) is 6.71. The first-order chi connectivity index (χ1) is 6.36. The molecule has 0 saturated heterocycles. The number of rotatable bonds is 0. The number of amides is 2. The van der Waals surface area contributed by atoms with Crippen LogP contribution in [-0.2, 0) is 0 Å². The Balaban J connectivity index is 2.27. The Morgan fingerprint density at radius 1 is 1.31 bits per heavy atom. The summed E-state index contributed by atoms with van der Waals surface area (Å²) in [7, 11) is 0. The molecular formula is C10H8N2O. The van der Waals surface area contributed by atoms with Crippen molar-refractivity contribution in [2.75, 3.05) is 4.90 Å². The van der Waals surface area contributed by atoms with E-state index in [4.69, 9.17) is 0 Å². The van der Waals surface area contributed by atoms with E-state index in [2.05, 4.69) is 5.32 Å². The highest BCUT2D eigenvalue weighted by Gasteiger charge is 2.31. The number of hydrogen-bond donors (Lipinski definition) is 1. The fraction of sp³-hybridized carbons (Fsp3) is 0.100. The number of urea groups is 1. The minimum absolute atomic E-state index is 0.0359. The zero-order valence-corrected chi connectivity index (χ0v) is 6.90. The molecule has 1 unspecified atom stereocenters. The molecule has 2 bridgehead atoms. The lowest BCUT2D eigenvalue weighted by Crippen LogP contribution is -2.46. The van der Waals surface area contributed by atoms with E-state index in [9.17, 15) is 4.79 Å². The summed E-state index contributed by atoms with van der Waals surface area (Å²) in [6, 6.07) is 7.96. The molecule has 0 fully saturated rings. The van der Waals surface area contributed by atoms with Gasteiger partial charge in [-0.2, -0.15) is 0 Å². The lowest BCUT2D eigenvalue weighted by Gasteiger charge is -2.36. The summed E-state index contributed by atoms with van der Waals surface area (Å²) in [5.41, 5.74) is 2.17. The summed E-state index contributed by atoms with van der Waals surface area (Å²) >= 11 is 0. The third kappa shape index (κ3) is 0.758. The Morgan fingerprint density at radius 3 is 3.00 bits per heavy atom. The van der Waals surface area contributed by atoms with Crippen LogP contribution in [0.2, 0.25) is 0 Å². The third-order valence-corrected chi connectivity index (χ3v) is 2.46. The number of fused-ring (bicyclic) bond motifs is 1. The third-order valence-electron chi connectivity index (χ3n) is 2.46. The van der Waals surface area contributed by atoms with Gasteiger partial charge in [0.2, 0.25) is 0 Å². The molecule has 0 radical (unpaired) electrons. The summed E-state index contributed by atoms with van der Waals surface area (Å²) in [4.78, 5) is 13.0. The Labute approximate surface area is 75.7 Å². The molecule has 3 aliphatic rings. The number of anilines is 1. The van der Waals surface area contributed by atoms with Crippen LogP contribution in [0.25, 0.3) is 0 Å². The largest absolute Gasteiger partial charge is 0.327 e. The Bertz CT molecular complexity index is 411. The molecule has 0 aromatic heterocycles. The maximum Gasteiger partial charge on any atom is 0.326 e. The molecule has 0 aliphatic carbocycles. The Hall–Kier alpha value is -1.77. The average molecular weight is 172 g/mol. The van der Waals surface area contributed by atoms with Crippen LogP contribution < -0.4 is 10.2 Å². The van der Waals surface area contributed by atoms with Crippen molar-refractivity contribution in [1.29, 1.82) is 0 Å². The number of carbonyl (C=O) groups excluding carboxylic acids is 1. The van der Waals surface area contributed by atoms with Gasteiger partial charge in [0.1, 0.15) is 0 Å². The van der Waals surface area contributed by atoms with Crippen LogP contribution >= 0.6 is 0 Å². The minimum atomic E-state index is -0.0359. The van der Waals surface area contributed by atoms with E-state index in [1.165, 1.54) is 5.56 Å². The van der Waals surface area contributed by atoms with E-state index in [0.717, 1.165) is 5.69 Å². The van der Waals surface area contributed by atoms with Crippen molar-refractivity contribution < 1.29 is 4.79 Å². The van der Waals surface area contributed by atoms with Gasteiger partial charge in [0.15, 0.2) is 0 Å². The van der Waals surface area contributed by atoms with Gasteiger partial charge in [0.25, 0.3) is 0 Å². The number of nitrogens with one attached hydrogen (secondary N) is 1. The van der Waals surface area contributed by atoms with Crippen molar-refractivity contribution >= 4 is 11.7 Å². The SMILES string of the molecule is O=C1NC2C=CN1c1ccccc12. The van der Waals surface area contributed by atoms with Crippen LogP contribution in [0, 0.1) is 0 Å². The van der Waals surface area contributed by atoms with Crippen molar-refractivity contribution in [3.8, 4) is 0 Å². The molecule has 1 N–H and O–H groups in total. The van der Waals surface area contributed by atoms with Crippen LogP contribution in [0.15, 0.2) is 36.5 Å². The van der Waals surface area contributed by atoms with Crippen LogP contribution in [0.5, 0.6) is 0 Å². The summed E-state index contributed by atoms with van der Waals surface area (Å²) < 4.78 is 0. The fourth-order valence-electron chi connectivity index (χ4n) is 1.83. The lowest BCUT2D eigenvalue weighted by molar-refractivity contribution is 0.243. The van der Waals surface area contributed by atoms with Gasteiger partial charge in [0.05, 0.1) is 11.7 Å². The summed E-state index contributed by atoms with van der Waals surface area (Å²) in [5.74, 6) is 0. The van der Waals surface area contributed by atoms with Gasteiger partial charge < -0.3 is 5.32 Å². The van der Waals surface area contributed by atoms with Crippen molar-refractivity contribution in [2.24, 2.45) is 0 Å². The van der Waals surface area contributed by atoms with E-state index >= 15 is 0 Å². The standard InChI is InChI=1S/C10H8N2O/c13-10-11-8-5-6-12(10)9-4-2-1-3-7(8)9/h1-6,8H,(H,11,13). The predicted octanol–water partition coefficient (Wildman–Crippen LogP) is 1.78. The van der Waals surface area contributed by atoms with Gasteiger partial charge in [-0.1, -0.05) is 18.2 Å². The molecular weight excluding hydrogens is 164 g/mol. The molecule has 1 aromatic rings. The van der Waals surface area contributed by atoms with Gasteiger partial charge >= 0.3 is 6.03 Å². The van der Waals surface area contributed by atoms with Gasteiger partial charge in [0, 0.05) is 11.8 Å². The van der Waals surface area contributed by atoms with Crippen LogP contribution in [0.4, 0.5) is 10.5 Å². The van der Waals surface area contributed by atoms with Gasteiger partial charge in [-0.05, 0) is 12.1 Å². The summed E-state index contributed by atoms with van der Waals surface area (Å²) in [6.07, 6.45) is 3.82. The zero-order valence-electron chi connectivity index (χ0n) is 6.90. The van der Waals surface area contributed by atoms with Gasteiger partial charge in [-0.15, -0.1) is 0 Å². The van der Waals surface area contributed by atoms with Crippen molar-refractivity contribution in [3.63, 3.8) is 0 Å². The smallest absolute Gasteiger partial charge is 0.326 e. The van der Waals surface area contributed by atoms with Crippen LogP contribution in [0.1, 0.15) is 11.6 Å². The molecule has 2 amide bonds. The molecule has 3 nitrogen and oxygen atoms in total. The van der Waals surface area contributed by atoms with E-state index in [-0.39, 0.29) is 12.1 Å². The number of nitrogens with zero attached hydrogens (tertiary/aromatic N) is 1. The van der Waals surface area contributed by atoms with Gasteiger partial charge in [-0.25, -0.2) is 4.79 Å². The first-order valence-electron chi connectivity index (χ1n) is 4.23. The Morgan fingerprint density at radius 2 is 2.15 bits per heavy atom. The topological polar surface area (TPSA) is 32.3 Å². The average Bonchev–Trinajstić information content (AvgIpc) is 2.19. The van der Waals surface area contributed by atoms with Crippen LogP contribution in [-0.4, -0.2) is 6.03 Å². The molecule has 0 saturated carbocycles. The number of carbonyl (C=O) groups is 1. The molecule has 3 aliphatic heterocycles. The number of hydrogen-bond acceptors (Lipinski definition) is 1. The predicted molar refractivity (Wildman–Crippen MR) is 49.3 cm³/mol. The molecule has 0 spiro atoms. The van der Waals surface area contributed by atoms with Crippen LogP contribution in [0.3, 0.4) is 0 Å². The highest BCUT2D eigenvalue weighted by atomic mass is 16.2. The highest BCUT2D eigenvalue weighted by Crippen LogP contribution is 2.35. The van der Waals surface area contributed by atoms with E-state index in [1.54, 1.807) is 4.90 Å². The molecule has 3 heteroatoms. The second-order valence-corrected chi connectivity index (χ2v) is 3.20. The van der Waals surface area contributed by atoms with Crippen molar-refractivity contribution in [1.82, 2.24) is 5.32 Å². The maximum atomic E-state index is 11.4. The summed E-state index contributed by atoms with van der Waals surface area (Å²) in [5, 5.41) is 2.87. The van der Waals surface area contributed by atoms with Gasteiger partial charge in [-0.3, -0.25) is 4.90 Å². The maximum absolute atomic E-state index is 11.4. The molecule has 13 heavy (non-hydrogen) atoms. The molecule has 3 heterocycles. The van der Waals surface area contributed by atoms with Crippen molar-refractivity contribution in [3.05, 3.63) is 42.1 Å². The summed E-state index contributed by atoms with van der Waals surface area (Å²) in [6.45, 7) is 0. The van der Waals surface area contributed by atoms with E-state index in [0.29, 0.717) is 0 Å². The second-order valence-electron chi connectivity index (χ2n) is 3.20. The minimum Gasteiger partial charge on any atom is -0.327 e. The Kier molecular flexibility index (Phi) is 1.10. The molecule has 64 valence electrons. The second kappa shape index (κ2) is 2.13. The van der Waals surface area contributed by atoms with E-state index in [1.807, 2.05) is 36.5 Å².